The maximum atomic E-state index is 12.6. The summed E-state index contributed by atoms with van der Waals surface area (Å²) in [4.78, 5) is 26.5. The van der Waals surface area contributed by atoms with Crippen LogP contribution in [0.15, 0.2) is 35.1 Å². The monoisotopic (exact) mass is 329 g/mol. The van der Waals surface area contributed by atoms with Crippen molar-refractivity contribution in [2.75, 3.05) is 33.4 Å². The quantitative estimate of drug-likeness (QED) is 0.841. The number of methoxy groups -OCH3 is 1. The average molecular weight is 329 g/mol. The normalized spacial score (nSPS) is 14.5. The first-order chi connectivity index (χ1) is 11.6. The molecule has 1 aromatic carbocycles. The van der Waals surface area contributed by atoms with Gasteiger partial charge in [0.25, 0.3) is 5.91 Å². The molecule has 0 aliphatic carbocycles. The fraction of sp³-hybridized carbons (Fsp3) is 0.353. The number of hydrogen-bond acceptors (Lipinski definition) is 5. The van der Waals surface area contributed by atoms with Crippen molar-refractivity contribution in [3.63, 3.8) is 0 Å². The molecule has 1 saturated heterocycles. The Bertz CT molecular complexity index is 792. The van der Waals surface area contributed by atoms with Crippen molar-refractivity contribution in [2.45, 2.75) is 6.92 Å². The molecule has 1 aromatic heterocycles. The lowest BCUT2D eigenvalue weighted by Gasteiger charge is -2.26. The van der Waals surface area contributed by atoms with Gasteiger partial charge in [0.2, 0.25) is 11.3 Å². The summed E-state index contributed by atoms with van der Waals surface area (Å²) in [6.07, 6.45) is 0. The number of ether oxygens (including phenoxy) is 2. The maximum absolute atomic E-state index is 12.6. The van der Waals surface area contributed by atoms with E-state index in [1.54, 1.807) is 4.90 Å². The summed E-state index contributed by atoms with van der Waals surface area (Å²) in [5.41, 5.74) is 1.25. The third kappa shape index (κ3) is 3.16. The Balaban J connectivity index is 2.04. The van der Waals surface area contributed by atoms with Gasteiger partial charge in [0.15, 0.2) is 5.69 Å². The van der Waals surface area contributed by atoms with Crippen molar-refractivity contribution in [3.8, 4) is 11.6 Å². The van der Waals surface area contributed by atoms with E-state index in [0.29, 0.717) is 32.0 Å². The first kappa shape index (κ1) is 16.2. The van der Waals surface area contributed by atoms with E-state index < -0.39 is 5.43 Å². The van der Waals surface area contributed by atoms with E-state index in [1.807, 2.05) is 31.2 Å². The number of aromatic nitrogens is 2. The van der Waals surface area contributed by atoms with Crippen molar-refractivity contribution in [2.24, 2.45) is 0 Å². The molecular weight excluding hydrogens is 310 g/mol. The molecule has 0 bridgehead atoms. The molecule has 3 rings (SSSR count). The van der Waals surface area contributed by atoms with E-state index in [2.05, 4.69) is 5.10 Å². The molecule has 7 heteroatoms. The second-order valence-corrected chi connectivity index (χ2v) is 5.55. The van der Waals surface area contributed by atoms with Crippen LogP contribution in [0.2, 0.25) is 0 Å². The predicted octanol–water partition coefficient (Wildman–Crippen LogP) is 1.02. The number of nitrogens with zero attached hydrogens (tertiary/aromatic N) is 3. The van der Waals surface area contributed by atoms with Crippen molar-refractivity contribution in [3.05, 3.63) is 51.8 Å². The fourth-order valence-electron chi connectivity index (χ4n) is 2.52. The number of rotatable bonds is 3. The zero-order chi connectivity index (χ0) is 17.1. The summed E-state index contributed by atoms with van der Waals surface area (Å²) < 4.78 is 12.0. The molecule has 0 spiro atoms. The smallest absolute Gasteiger partial charge is 0.278 e. The van der Waals surface area contributed by atoms with E-state index in [1.165, 1.54) is 17.9 Å². The Morgan fingerprint density at radius 3 is 2.50 bits per heavy atom. The molecule has 126 valence electrons. The van der Waals surface area contributed by atoms with Gasteiger partial charge in [-0.3, -0.25) is 9.59 Å². The van der Waals surface area contributed by atoms with Crippen molar-refractivity contribution in [1.82, 2.24) is 14.7 Å². The molecule has 2 heterocycles. The average Bonchev–Trinajstić information content (AvgIpc) is 2.62. The van der Waals surface area contributed by atoms with Crippen LogP contribution in [0.1, 0.15) is 16.1 Å². The lowest BCUT2D eigenvalue weighted by Crippen LogP contribution is -2.43. The van der Waals surface area contributed by atoms with Crippen LogP contribution in [0.5, 0.6) is 5.88 Å². The molecule has 1 fully saturated rings. The van der Waals surface area contributed by atoms with Crippen LogP contribution < -0.4 is 10.2 Å². The summed E-state index contributed by atoms with van der Waals surface area (Å²) in [6, 6.07) is 8.87. The Morgan fingerprint density at radius 1 is 1.21 bits per heavy atom. The van der Waals surface area contributed by atoms with Gasteiger partial charge >= 0.3 is 0 Å². The van der Waals surface area contributed by atoms with Crippen LogP contribution in [0, 0.1) is 6.92 Å². The third-order valence-electron chi connectivity index (χ3n) is 3.89. The number of aryl methyl sites for hydroxylation is 1. The second-order valence-electron chi connectivity index (χ2n) is 5.55. The molecule has 0 unspecified atom stereocenters. The van der Waals surface area contributed by atoms with Crippen LogP contribution in [-0.2, 0) is 4.74 Å². The molecule has 1 amide bonds. The second kappa shape index (κ2) is 6.84. The van der Waals surface area contributed by atoms with Gasteiger partial charge < -0.3 is 14.4 Å². The molecule has 1 aliphatic rings. The zero-order valence-electron chi connectivity index (χ0n) is 13.7. The van der Waals surface area contributed by atoms with Gasteiger partial charge in [-0.2, -0.15) is 5.10 Å². The van der Waals surface area contributed by atoms with Crippen LogP contribution >= 0.6 is 0 Å². The molecule has 0 N–H and O–H groups in total. The molecule has 0 saturated carbocycles. The lowest BCUT2D eigenvalue weighted by molar-refractivity contribution is 0.0296. The number of benzene rings is 1. The zero-order valence-corrected chi connectivity index (χ0v) is 13.7. The summed E-state index contributed by atoms with van der Waals surface area (Å²) >= 11 is 0. The number of carbonyl (C=O) groups is 1. The van der Waals surface area contributed by atoms with Gasteiger partial charge in [-0.15, -0.1) is 0 Å². The number of hydrogen-bond donors (Lipinski definition) is 0. The van der Waals surface area contributed by atoms with Crippen molar-refractivity contribution >= 4 is 5.91 Å². The van der Waals surface area contributed by atoms with Crippen LogP contribution in [-0.4, -0.2) is 54.0 Å². The van der Waals surface area contributed by atoms with E-state index >= 15 is 0 Å². The Labute approximate surface area is 139 Å². The molecule has 2 aromatic rings. The lowest BCUT2D eigenvalue weighted by atomic mass is 10.2. The van der Waals surface area contributed by atoms with E-state index in [4.69, 9.17) is 9.47 Å². The predicted molar refractivity (Wildman–Crippen MR) is 87.8 cm³/mol. The highest BCUT2D eigenvalue weighted by atomic mass is 16.5. The third-order valence-corrected chi connectivity index (χ3v) is 3.89. The minimum Gasteiger partial charge on any atom is -0.481 e. The summed E-state index contributed by atoms with van der Waals surface area (Å²) in [5, 5.41) is 4.27. The van der Waals surface area contributed by atoms with Gasteiger partial charge in [0.05, 0.1) is 32.1 Å². The first-order valence-corrected chi connectivity index (χ1v) is 7.72. The number of morpholine rings is 1. The summed E-state index contributed by atoms with van der Waals surface area (Å²) in [5.74, 6) is -0.103. The highest BCUT2D eigenvalue weighted by Gasteiger charge is 2.24. The molecule has 0 atom stereocenters. The van der Waals surface area contributed by atoms with Gasteiger partial charge in [0, 0.05) is 13.1 Å². The molecule has 7 nitrogen and oxygen atoms in total. The van der Waals surface area contributed by atoms with Crippen LogP contribution in [0.25, 0.3) is 5.69 Å². The molecular formula is C17H19N3O4. The summed E-state index contributed by atoms with van der Waals surface area (Å²) in [7, 11) is 1.46. The van der Waals surface area contributed by atoms with Crippen LogP contribution in [0.3, 0.4) is 0 Å². The van der Waals surface area contributed by atoms with E-state index in [0.717, 1.165) is 5.56 Å². The number of carbonyl (C=O) groups excluding carboxylic acids is 1. The minimum absolute atomic E-state index is 0.113. The molecule has 24 heavy (non-hydrogen) atoms. The fourth-order valence-corrected chi connectivity index (χ4v) is 2.52. The molecule has 1 aliphatic heterocycles. The minimum atomic E-state index is -0.452. The largest absolute Gasteiger partial charge is 0.481 e. The Morgan fingerprint density at radius 2 is 1.88 bits per heavy atom. The van der Waals surface area contributed by atoms with Gasteiger partial charge in [-0.25, -0.2) is 4.68 Å². The highest BCUT2D eigenvalue weighted by Crippen LogP contribution is 2.16. The van der Waals surface area contributed by atoms with Crippen molar-refractivity contribution in [1.29, 1.82) is 0 Å². The first-order valence-electron chi connectivity index (χ1n) is 7.72. The number of amides is 1. The highest BCUT2D eigenvalue weighted by molar-refractivity contribution is 5.92. The SMILES string of the molecule is COc1cc(=O)c(C(=O)N2CCOCC2)nn1-c1ccc(C)cc1. The van der Waals surface area contributed by atoms with Gasteiger partial charge in [0.1, 0.15) is 0 Å². The molecule has 0 radical (unpaired) electrons. The standard InChI is InChI=1S/C17H19N3O4/c1-12-3-5-13(6-4-12)20-15(23-2)11-14(21)16(18-20)17(22)19-7-9-24-10-8-19/h3-6,11H,7-10H2,1-2H3. The van der Waals surface area contributed by atoms with E-state index in [9.17, 15) is 9.59 Å². The van der Waals surface area contributed by atoms with Gasteiger partial charge in [-0.05, 0) is 19.1 Å². The summed E-state index contributed by atoms with van der Waals surface area (Å²) in [6.45, 7) is 3.82. The Kier molecular flexibility index (Phi) is 4.61. The van der Waals surface area contributed by atoms with Crippen molar-refractivity contribution < 1.29 is 14.3 Å². The van der Waals surface area contributed by atoms with Crippen LogP contribution in [0.4, 0.5) is 0 Å². The van der Waals surface area contributed by atoms with E-state index in [-0.39, 0.29) is 17.5 Å². The Hall–Kier alpha value is -2.67. The van der Waals surface area contributed by atoms with Gasteiger partial charge in [-0.1, -0.05) is 17.7 Å². The maximum Gasteiger partial charge on any atom is 0.278 e. The topological polar surface area (TPSA) is 73.7 Å².